The Morgan fingerprint density at radius 2 is 1.95 bits per heavy atom. The largest absolute Gasteiger partial charge is 0.481 e. The molecule has 0 aliphatic heterocycles. The molecule has 1 amide bonds. The van der Waals surface area contributed by atoms with Crippen molar-refractivity contribution in [1.82, 2.24) is 4.90 Å². The molecule has 0 atom stereocenters. The second-order valence-electron chi connectivity index (χ2n) is 4.51. The predicted octanol–water partition coefficient (Wildman–Crippen LogP) is 2.01. The first-order valence-electron chi connectivity index (χ1n) is 6.97. The third kappa shape index (κ3) is 6.41. The van der Waals surface area contributed by atoms with Crippen LogP contribution in [0.25, 0.3) is 6.08 Å². The van der Waals surface area contributed by atoms with Gasteiger partial charge in [0.2, 0.25) is 5.91 Å². The molecule has 6 nitrogen and oxygen atoms in total. The molecule has 0 aliphatic carbocycles. The maximum absolute atomic E-state index is 12.0. The van der Waals surface area contributed by atoms with Crippen LogP contribution in [-0.2, 0) is 14.3 Å². The highest BCUT2D eigenvalue weighted by atomic mass is 16.7. The van der Waals surface area contributed by atoms with Crippen molar-refractivity contribution < 1.29 is 24.2 Å². The summed E-state index contributed by atoms with van der Waals surface area (Å²) < 4.78 is 10.1. The van der Waals surface area contributed by atoms with Gasteiger partial charge in [-0.15, -0.1) is 0 Å². The normalized spacial score (nSPS) is 10.6. The van der Waals surface area contributed by atoms with E-state index in [0.717, 1.165) is 5.56 Å². The van der Waals surface area contributed by atoms with E-state index in [4.69, 9.17) is 14.6 Å². The van der Waals surface area contributed by atoms with Gasteiger partial charge >= 0.3 is 5.97 Å². The Morgan fingerprint density at radius 3 is 2.50 bits per heavy atom. The Balaban J connectivity index is 2.58. The highest BCUT2D eigenvalue weighted by Crippen LogP contribution is 2.13. The molecule has 0 heterocycles. The van der Waals surface area contributed by atoms with Crippen LogP contribution < -0.4 is 4.74 Å². The Kier molecular flexibility index (Phi) is 7.70. The maximum atomic E-state index is 12.0. The van der Waals surface area contributed by atoms with Crippen LogP contribution in [0, 0.1) is 0 Å². The van der Waals surface area contributed by atoms with Gasteiger partial charge in [0.1, 0.15) is 5.75 Å². The number of benzene rings is 1. The van der Waals surface area contributed by atoms with E-state index >= 15 is 0 Å². The topological polar surface area (TPSA) is 76.1 Å². The number of rotatable bonds is 9. The van der Waals surface area contributed by atoms with Crippen molar-refractivity contribution in [1.29, 1.82) is 0 Å². The molecule has 0 spiro atoms. The van der Waals surface area contributed by atoms with Crippen molar-refractivity contribution in [2.45, 2.75) is 13.3 Å². The molecule has 22 heavy (non-hydrogen) atoms. The zero-order valence-corrected chi connectivity index (χ0v) is 12.8. The molecule has 1 N–H and O–H groups in total. The Morgan fingerprint density at radius 1 is 1.27 bits per heavy atom. The van der Waals surface area contributed by atoms with E-state index in [1.165, 1.54) is 11.0 Å². The Bertz CT molecular complexity index is 510. The van der Waals surface area contributed by atoms with Crippen LogP contribution in [0.5, 0.6) is 5.75 Å². The molecule has 1 aromatic rings. The van der Waals surface area contributed by atoms with Crippen LogP contribution >= 0.6 is 0 Å². The number of likely N-dealkylation sites (N-methyl/N-ethyl adjacent to an activating group) is 1. The van der Waals surface area contributed by atoms with Crippen LogP contribution in [0.4, 0.5) is 0 Å². The van der Waals surface area contributed by atoms with Gasteiger partial charge in [-0.1, -0.05) is 12.1 Å². The number of carbonyl (C=O) groups excluding carboxylic acids is 1. The summed E-state index contributed by atoms with van der Waals surface area (Å²) in [6, 6.07) is 7.21. The highest BCUT2D eigenvalue weighted by Gasteiger charge is 2.09. The number of hydrogen-bond donors (Lipinski definition) is 1. The molecule has 6 heteroatoms. The van der Waals surface area contributed by atoms with Crippen LogP contribution in [0.2, 0.25) is 0 Å². The van der Waals surface area contributed by atoms with E-state index in [0.29, 0.717) is 12.3 Å². The molecule has 1 aromatic carbocycles. The summed E-state index contributed by atoms with van der Waals surface area (Å²) in [5.41, 5.74) is 0.854. The molecule has 0 saturated carbocycles. The van der Waals surface area contributed by atoms with Crippen molar-refractivity contribution in [2.24, 2.45) is 0 Å². The van der Waals surface area contributed by atoms with E-state index in [1.54, 1.807) is 25.3 Å². The van der Waals surface area contributed by atoms with E-state index in [-0.39, 0.29) is 25.7 Å². The molecule has 0 bridgehead atoms. The first kappa shape index (κ1) is 17.7. The fraction of sp³-hybridized carbons (Fsp3) is 0.375. The molecule has 0 fully saturated rings. The number of methoxy groups -OCH3 is 1. The predicted molar refractivity (Wildman–Crippen MR) is 82.5 cm³/mol. The lowest BCUT2D eigenvalue weighted by Gasteiger charge is -2.17. The van der Waals surface area contributed by atoms with Gasteiger partial charge in [0, 0.05) is 26.3 Å². The molecule has 0 aromatic heterocycles. The van der Waals surface area contributed by atoms with Crippen molar-refractivity contribution in [3.05, 3.63) is 35.9 Å². The molecule has 0 unspecified atom stereocenters. The van der Waals surface area contributed by atoms with E-state index in [1.807, 2.05) is 19.1 Å². The third-order valence-corrected chi connectivity index (χ3v) is 2.93. The van der Waals surface area contributed by atoms with Gasteiger partial charge in [-0.3, -0.25) is 9.59 Å². The lowest BCUT2D eigenvalue weighted by Crippen LogP contribution is -2.31. The van der Waals surface area contributed by atoms with Crippen LogP contribution in [0.3, 0.4) is 0 Å². The smallest absolute Gasteiger partial charge is 0.305 e. The summed E-state index contributed by atoms with van der Waals surface area (Å²) in [5, 5.41) is 8.66. The van der Waals surface area contributed by atoms with Gasteiger partial charge in [0.15, 0.2) is 6.79 Å². The van der Waals surface area contributed by atoms with Crippen molar-refractivity contribution in [2.75, 3.05) is 27.0 Å². The molecule has 0 aliphatic rings. The number of carbonyl (C=O) groups is 2. The zero-order valence-electron chi connectivity index (χ0n) is 12.8. The average Bonchev–Trinajstić information content (AvgIpc) is 2.52. The van der Waals surface area contributed by atoms with Crippen LogP contribution in [0.15, 0.2) is 30.3 Å². The summed E-state index contributed by atoms with van der Waals surface area (Å²) in [6.07, 6.45) is 3.07. The summed E-state index contributed by atoms with van der Waals surface area (Å²) in [4.78, 5) is 24.0. The van der Waals surface area contributed by atoms with Gasteiger partial charge in [0.25, 0.3) is 0 Å². The van der Waals surface area contributed by atoms with Gasteiger partial charge in [-0.25, -0.2) is 0 Å². The van der Waals surface area contributed by atoms with E-state index < -0.39 is 5.97 Å². The highest BCUT2D eigenvalue weighted by molar-refractivity contribution is 5.92. The monoisotopic (exact) mass is 307 g/mol. The number of carboxylic acids is 1. The quantitative estimate of drug-likeness (QED) is 0.558. The van der Waals surface area contributed by atoms with Gasteiger partial charge < -0.3 is 19.5 Å². The third-order valence-electron chi connectivity index (χ3n) is 2.93. The molecular weight excluding hydrogens is 286 g/mol. The summed E-state index contributed by atoms with van der Waals surface area (Å²) in [7, 11) is 1.55. The van der Waals surface area contributed by atoms with E-state index in [9.17, 15) is 9.59 Å². The minimum atomic E-state index is -0.915. The standard InChI is InChI=1S/C16H21NO5/c1-3-17(11-10-16(19)20)15(18)9-6-13-4-7-14(8-5-13)22-12-21-2/h4-9H,3,10-12H2,1-2H3,(H,19,20)/b9-6+. The average molecular weight is 307 g/mol. The molecular formula is C16H21NO5. The fourth-order valence-electron chi connectivity index (χ4n) is 1.73. The zero-order chi connectivity index (χ0) is 16.4. The minimum absolute atomic E-state index is 0.0566. The van der Waals surface area contributed by atoms with E-state index in [2.05, 4.69) is 0 Å². The maximum Gasteiger partial charge on any atom is 0.305 e. The number of amides is 1. The molecule has 1 rings (SSSR count). The van der Waals surface area contributed by atoms with Crippen molar-refractivity contribution >= 4 is 18.0 Å². The van der Waals surface area contributed by atoms with Crippen LogP contribution in [-0.4, -0.2) is 48.9 Å². The molecule has 0 radical (unpaired) electrons. The second-order valence-corrected chi connectivity index (χ2v) is 4.51. The number of nitrogens with zero attached hydrogens (tertiary/aromatic N) is 1. The fourth-order valence-corrected chi connectivity index (χ4v) is 1.73. The molecule has 0 saturated heterocycles. The first-order chi connectivity index (χ1) is 10.6. The summed E-state index contributed by atoms with van der Waals surface area (Å²) in [6.45, 7) is 2.68. The van der Waals surface area contributed by atoms with Gasteiger partial charge in [-0.2, -0.15) is 0 Å². The minimum Gasteiger partial charge on any atom is -0.481 e. The summed E-state index contributed by atoms with van der Waals surface area (Å²) in [5.74, 6) is -0.438. The first-order valence-corrected chi connectivity index (χ1v) is 6.97. The van der Waals surface area contributed by atoms with Crippen molar-refractivity contribution in [3.63, 3.8) is 0 Å². The van der Waals surface area contributed by atoms with Crippen LogP contribution in [0.1, 0.15) is 18.9 Å². The van der Waals surface area contributed by atoms with Gasteiger partial charge in [0.05, 0.1) is 6.42 Å². The van der Waals surface area contributed by atoms with Crippen molar-refractivity contribution in [3.8, 4) is 5.75 Å². The number of hydrogen-bond acceptors (Lipinski definition) is 4. The molecule has 120 valence electrons. The Hall–Kier alpha value is -2.34. The Labute approximate surface area is 129 Å². The second kappa shape index (κ2) is 9.57. The SMILES string of the molecule is CCN(CCC(=O)O)C(=O)/C=C/c1ccc(OCOC)cc1. The summed E-state index contributed by atoms with van der Waals surface area (Å²) >= 11 is 0. The lowest BCUT2D eigenvalue weighted by atomic mass is 10.2. The number of aliphatic carboxylic acids is 1. The number of carboxylic acid groups (broad SMARTS) is 1. The number of ether oxygens (including phenoxy) is 2. The van der Waals surface area contributed by atoms with Gasteiger partial charge in [-0.05, 0) is 30.7 Å². The lowest BCUT2D eigenvalue weighted by molar-refractivity contribution is -0.137.